The van der Waals surface area contributed by atoms with Gasteiger partial charge in [-0.2, -0.15) is 0 Å². The quantitative estimate of drug-likeness (QED) is 0.719. The van der Waals surface area contributed by atoms with Crippen molar-refractivity contribution in [2.75, 3.05) is 7.11 Å². The molecule has 1 aliphatic rings. The zero-order valence-electron chi connectivity index (χ0n) is 11.0. The van der Waals surface area contributed by atoms with Crippen molar-refractivity contribution in [3.05, 3.63) is 0 Å². The normalized spacial score (nSPS) is 28.8. The maximum absolute atomic E-state index is 11.6. The SMILES string of the molecule is COC(=O)C1CCCCCCCCCCC1O. The lowest BCUT2D eigenvalue weighted by atomic mass is 9.90. The molecular weight excluding hydrogens is 216 g/mol. The van der Waals surface area contributed by atoms with Gasteiger partial charge in [0.1, 0.15) is 0 Å². The minimum Gasteiger partial charge on any atom is -0.469 e. The predicted molar refractivity (Wildman–Crippen MR) is 67.7 cm³/mol. The molecule has 1 saturated carbocycles. The summed E-state index contributed by atoms with van der Waals surface area (Å²) in [6, 6.07) is 0. The van der Waals surface area contributed by atoms with Gasteiger partial charge in [0.05, 0.1) is 19.1 Å². The first-order valence-corrected chi connectivity index (χ1v) is 7.01. The van der Waals surface area contributed by atoms with Crippen LogP contribution in [-0.4, -0.2) is 24.3 Å². The van der Waals surface area contributed by atoms with Crippen LogP contribution in [0, 0.1) is 5.92 Å². The molecule has 100 valence electrons. The van der Waals surface area contributed by atoms with Gasteiger partial charge in [-0.25, -0.2) is 0 Å². The Kier molecular flexibility index (Phi) is 7.25. The van der Waals surface area contributed by atoms with E-state index in [0.29, 0.717) is 0 Å². The van der Waals surface area contributed by atoms with Crippen LogP contribution >= 0.6 is 0 Å². The summed E-state index contributed by atoms with van der Waals surface area (Å²) in [4.78, 5) is 11.6. The lowest BCUT2D eigenvalue weighted by molar-refractivity contribution is -0.150. The maximum Gasteiger partial charge on any atom is 0.311 e. The Morgan fingerprint density at radius 3 is 1.94 bits per heavy atom. The Labute approximate surface area is 105 Å². The number of aliphatic hydroxyl groups excluding tert-OH is 1. The summed E-state index contributed by atoms with van der Waals surface area (Å²) >= 11 is 0. The Morgan fingerprint density at radius 2 is 1.41 bits per heavy atom. The molecule has 1 rings (SSSR count). The fourth-order valence-electron chi connectivity index (χ4n) is 2.60. The number of methoxy groups -OCH3 is 1. The molecule has 0 aromatic heterocycles. The van der Waals surface area contributed by atoms with Gasteiger partial charge in [0.2, 0.25) is 0 Å². The van der Waals surface area contributed by atoms with E-state index in [-0.39, 0.29) is 11.9 Å². The van der Waals surface area contributed by atoms with Gasteiger partial charge in [-0.3, -0.25) is 4.79 Å². The van der Waals surface area contributed by atoms with Gasteiger partial charge in [0.15, 0.2) is 0 Å². The first-order valence-electron chi connectivity index (χ1n) is 7.01. The van der Waals surface area contributed by atoms with Gasteiger partial charge < -0.3 is 9.84 Å². The van der Waals surface area contributed by atoms with Crippen molar-refractivity contribution in [2.24, 2.45) is 5.92 Å². The monoisotopic (exact) mass is 242 g/mol. The van der Waals surface area contributed by atoms with E-state index in [1.54, 1.807) is 0 Å². The summed E-state index contributed by atoms with van der Waals surface area (Å²) in [5.41, 5.74) is 0. The van der Waals surface area contributed by atoms with Crippen molar-refractivity contribution in [2.45, 2.75) is 70.3 Å². The molecule has 0 heterocycles. The third-order valence-corrected chi connectivity index (χ3v) is 3.73. The van der Waals surface area contributed by atoms with E-state index >= 15 is 0 Å². The zero-order valence-corrected chi connectivity index (χ0v) is 11.0. The molecule has 0 spiro atoms. The van der Waals surface area contributed by atoms with Crippen molar-refractivity contribution in [1.82, 2.24) is 0 Å². The molecule has 1 N–H and O–H groups in total. The molecule has 3 nitrogen and oxygen atoms in total. The van der Waals surface area contributed by atoms with E-state index in [4.69, 9.17) is 4.74 Å². The molecule has 0 bridgehead atoms. The number of carbonyl (C=O) groups is 1. The highest BCUT2D eigenvalue weighted by molar-refractivity contribution is 5.72. The summed E-state index contributed by atoms with van der Waals surface area (Å²) in [5, 5.41) is 10.1. The van der Waals surface area contributed by atoms with Gasteiger partial charge in [0, 0.05) is 0 Å². The molecule has 1 aliphatic carbocycles. The smallest absolute Gasteiger partial charge is 0.311 e. The van der Waals surface area contributed by atoms with E-state index in [2.05, 4.69) is 0 Å². The van der Waals surface area contributed by atoms with Crippen LogP contribution in [0.25, 0.3) is 0 Å². The number of hydrogen-bond acceptors (Lipinski definition) is 3. The van der Waals surface area contributed by atoms with Gasteiger partial charge in [-0.15, -0.1) is 0 Å². The van der Waals surface area contributed by atoms with Gasteiger partial charge in [-0.1, -0.05) is 51.4 Å². The van der Waals surface area contributed by atoms with Crippen LogP contribution in [-0.2, 0) is 9.53 Å². The van der Waals surface area contributed by atoms with Crippen LogP contribution in [0.1, 0.15) is 64.2 Å². The Balaban J connectivity index is 2.47. The second-order valence-electron chi connectivity index (χ2n) is 5.10. The average molecular weight is 242 g/mol. The van der Waals surface area contributed by atoms with Crippen LogP contribution in [0.4, 0.5) is 0 Å². The van der Waals surface area contributed by atoms with Crippen molar-refractivity contribution >= 4 is 5.97 Å². The van der Waals surface area contributed by atoms with Gasteiger partial charge >= 0.3 is 5.97 Å². The van der Waals surface area contributed by atoms with Crippen LogP contribution in [0.3, 0.4) is 0 Å². The zero-order chi connectivity index (χ0) is 12.5. The van der Waals surface area contributed by atoms with Crippen LogP contribution < -0.4 is 0 Å². The first-order chi connectivity index (χ1) is 8.25. The number of hydrogen-bond donors (Lipinski definition) is 1. The summed E-state index contributed by atoms with van der Waals surface area (Å²) in [6.45, 7) is 0. The molecule has 0 aliphatic heterocycles. The van der Waals surface area contributed by atoms with Gasteiger partial charge in [0.25, 0.3) is 0 Å². The van der Waals surface area contributed by atoms with Crippen LogP contribution in [0.5, 0.6) is 0 Å². The molecule has 2 unspecified atom stereocenters. The summed E-state index contributed by atoms with van der Waals surface area (Å²) in [6.07, 6.45) is 10.5. The van der Waals surface area contributed by atoms with E-state index in [1.807, 2.05) is 0 Å². The third-order valence-electron chi connectivity index (χ3n) is 3.73. The van der Waals surface area contributed by atoms with Crippen LogP contribution in [0.2, 0.25) is 0 Å². The number of rotatable bonds is 1. The Hall–Kier alpha value is -0.570. The fraction of sp³-hybridized carbons (Fsp3) is 0.929. The molecule has 3 heteroatoms. The Bertz CT molecular complexity index is 216. The standard InChI is InChI=1S/C14H26O3/c1-17-14(16)12-10-8-6-4-2-3-5-7-9-11-13(12)15/h12-13,15H,2-11H2,1H3. The van der Waals surface area contributed by atoms with Crippen molar-refractivity contribution < 1.29 is 14.6 Å². The van der Waals surface area contributed by atoms with E-state index in [1.165, 1.54) is 45.6 Å². The van der Waals surface area contributed by atoms with E-state index < -0.39 is 6.10 Å². The molecular formula is C14H26O3. The summed E-state index contributed by atoms with van der Waals surface area (Å²) < 4.78 is 4.79. The summed E-state index contributed by atoms with van der Waals surface area (Å²) in [7, 11) is 1.41. The highest BCUT2D eigenvalue weighted by atomic mass is 16.5. The molecule has 2 atom stereocenters. The topological polar surface area (TPSA) is 46.5 Å². The van der Waals surface area contributed by atoms with Crippen molar-refractivity contribution in [1.29, 1.82) is 0 Å². The molecule has 17 heavy (non-hydrogen) atoms. The summed E-state index contributed by atoms with van der Waals surface area (Å²) in [5.74, 6) is -0.547. The number of ether oxygens (including phenoxy) is 1. The fourth-order valence-corrected chi connectivity index (χ4v) is 2.60. The van der Waals surface area contributed by atoms with E-state index in [0.717, 1.165) is 25.7 Å². The Morgan fingerprint density at radius 1 is 0.941 bits per heavy atom. The second kappa shape index (κ2) is 8.51. The molecule has 0 radical (unpaired) electrons. The molecule has 0 aromatic carbocycles. The van der Waals surface area contributed by atoms with Crippen LogP contribution in [0.15, 0.2) is 0 Å². The molecule has 0 saturated heterocycles. The lowest BCUT2D eigenvalue weighted by Gasteiger charge is -2.21. The number of aliphatic hydroxyl groups is 1. The van der Waals surface area contributed by atoms with Crippen molar-refractivity contribution in [3.8, 4) is 0 Å². The highest BCUT2D eigenvalue weighted by Crippen LogP contribution is 2.22. The number of esters is 1. The minimum absolute atomic E-state index is 0.241. The first kappa shape index (κ1) is 14.5. The molecule has 0 aromatic rings. The number of carbonyl (C=O) groups excluding carboxylic acids is 1. The predicted octanol–water partition coefficient (Wildman–Crippen LogP) is 3.05. The average Bonchev–Trinajstić information content (AvgIpc) is 2.33. The third kappa shape index (κ3) is 5.53. The lowest BCUT2D eigenvalue weighted by Crippen LogP contribution is -2.29. The largest absolute Gasteiger partial charge is 0.469 e. The molecule has 1 fully saturated rings. The van der Waals surface area contributed by atoms with E-state index in [9.17, 15) is 9.90 Å². The maximum atomic E-state index is 11.6. The second-order valence-corrected chi connectivity index (χ2v) is 5.10. The van der Waals surface area contributed by atoms with Crippen molar-refractivity contribution in [3.63, 3.8) is 0 Å². The molecule has 0 amide bonds. The minimum atomic E-state index is -0.512. The highest BCUT2D eigenvalue weighted by Gasteiger charge is 2.26. The van der Waals surface area contributed by atoms with Gasteiger partial charge in [-0.05, 0) is 12.8 Å².